The smallest absolute Gasteiger partial charge is 0.490 e. The van der Waals surface area contributed by atoms with Crippen LogP contribution in [0.5, 0.6) is 5.75 Å². The molecule has 13 heteroatoms. The molecule has 0 bridgehead atoms. The topological polar surface area (TPSA) is 150 Å². The van der Waals surface area contributed by atoms with Crippen molar-refractivity contribution in [3.8, 4) is 5.75 Å². The molecule has 5 N–H and O–H groups in total. The number of methoxy groups -OCH3 is 1. The van der Waals surface area contributed by atoms with E-state index in [1.807, 2.05) is 32.0 Å². The fraction of sp³-hybridized carbons (Fsp3) is 0.500. The number of aromatic amines is 1. The second-order valence-corrected chi connectivity index (χ2v) is 8.94. The Hall–Kier alpha value is -3.61. The number of ether oxygens (including phenoxy) is 1. The van der Waals surface area contributed by atoms with E-state index in [1.54, 1.807) is 13.2 Å². The molecule has 37 heavy (non-hydrogen) atoms. The molecule has 10 nitrogen and oxygen atoms in total. The van der Waals surface area contributed by atoms with Crippen molar-refractivity contribution in [1.29, 1.82) is 0 Å². The number of benzene rings is 1. The standard InChI is InChI=1S/C22H30N4O4.C2HF3O2/c1-13(2)9-17(19(27)12-23-11-14-7-8-24-21(14)28)26-22(29)18-10-15-16(25-18)5-4-6-20(15)30-3;3-2(4,5)1(6)7/h4-6,10,13-14,17,23,25H,7-9,11-12H2,1-3H3,(H,24,28)(H,26,29);(H,6,7)/t14-,17-;/m0./s1. The van der Waals surface area contributed by atoms with E-state index in [0.717, 1.165) is 17.3 Å². The maximum atomic E-state index is 12.8. The Labute approximate surface area is 211 Å². The minimum absolute atomic E-state index is 0.0243. The molecule has 1 aromatic carbocycles. The quantitative estimate of drug-likeness (QED) is 0.318. The third-order valence-electron chi connectivity index (χ3n) is 5.59. The molecule has 0 aliphatic carbocycles. The molecule has 3 rings (SSSR count). The Morgan fingerprint density at radius 1 is 1.24 bits per heavy atom. The first-order chi connectivity index (χ1) is 17.3. The number of carbonyl (C=O) groups is 4. The Balaban J connectivity index is 0.000000604. The van der Waals surface area contributed by atoms with E-state index in [4.69, 9.17) is 14.6 Å². The molecular formula is C24H31F3N4O6. The SMILES string of the molecule is COc1cccc2[nH]c(C(=O)N[C@@H](CC(C)C)C(=O)CNC[C@@H]3CCNC3=O)cc12.O=C(O)C(F)(F)F. The van der Waals surface area contributed by atoms with E-state index in [0.29, 0.717) is 31.0 Å². The first-order valence-corrected chi connectivity index (χ1v) is 11.6. The van der Waals surface area contributed by atoms with Crippen molar-refractivity contribution in [1.82, 2.24) is 20.9 Å². The van der Waals surface area contributed by atoms with Crippen molar-refractivity contribution in [2.45, 2.75) is 38.9 Å². The van der Waals surface area contributed by atoms with Crippen LogP contribution in [0, 0.1) is 11.8 Å². The van der Waals surface area contributed by atoms with Crippen LogP contribution in [0.1, 0.15) is 37.2 Å². The van der Waals surface area contributed by atoms with Gasteiger partial charge in [0.25, 0.3) is 5.91 Å². The van der Waals surface area contributed by atoms with E-state index in [1.165, 1.54) is 0 Å². The molecule has 1 fully saturated rings. The second kappa shape index (κ2) is 13.1. The van der Waals surface area contributed by atoms with E-state index >= 15 is 0 Å². The van der Waals surface area contributed by atoms with Gasteiger partial charge in [-0.15, -0.1) is 0 Å². The molecule has 1 aliphatic heterocycles. The molecule has 0 unspecified atom stereocenters. The van der Waals surface area contributed by atoms with Gasteiger partial charge in [-0.3, -0.25) is 14.4 Å². The first kappa shape index (κ1) is 29.6. The number of alkyl halides is 3. The molecule has 2 heterocycles. The average Bonchev–Trinajstić information content (AvgIpc) is 3.44. The number of nitrogens with one attached hydrogen (secondary N) is 4. The van der Waals surface area contributed by atoms with Crippen molar-refractivity contribution in [3.63, 3.8) is 0 Å². The molecule has 2 amide bonds. The number of hydrogen-bond donors (Lipinski definition) is 5. The lowest BCUT2D eigenvalue weighted by atomic mass is 9.99. The number of hydrogen-bond acceptors (Lipinski definition) is 6. The maximum absolute atomic E-state index is 12.8. The Bertz CT molecular complexity index is 1120. The van der Waals surface area contributed by atoms with Gasteiger partial charge in [-0.05, 0) is 37.0 Å². The van der Waals surface area contributed by atoms with Gasteiger partial charge >= 0.3 is 12.1 Å². The van der Waals surface area contributed by atoms with Crippen LogP contribution in [-0.2, 0) is 14.4 Å². The van der Waals surface area contributed by atoms with Gasteiger partial charge in [0.2, 0.25) is 5.91 Å². The molecule has 0 saturated carbocycles. The number of Topliss-reactive ketones (excluding diaryl/α,β-unsaturated/α-hetero) is 1. The molecule has 1 aromatic heterocycles. The molecule has 0 spiro atoms. The van der Waals surface area contributed by atoms with Crippen LogP contribution in [0.3, 0.4) is 0 Å². The number of rotatable bonds is 10. The molecular weight excluding hydrogens is 497 g/mol. The van der Waals surface area contributed by atoms with Gasteiger partial charge in [0, 0.05) is 24.0 Å². The summed E-state index contributed by atoms with van der Waals surface area (Å²) in [6.07, 6.45) is -3.77. The largest absolute Gasteiger partial charge is 0.496 e. The van der Waals surface area contributed by atoms with Gasteiger partial charge in [0.05, 0.1) is 25.6 Å². The number of carboxylic acid groups (broad SMARTS) is 1. The number of ketones is 1. The molecule has 0 radical (unpaired) electrons. The summed E-state index contributed by atoms with van der Waals surface area (Å²) >= 11 is 0. The summed E-state index contributed by atoms with van der Waals surface area (Å²) < 4.78 is 37.1. The van der Waals surface area contributed by atoms with Crippen LogP contribution in [0.2, 0.25) is 0 Å². The summed E-state index contributed by atoms with van der Waals surface area (Å²) in [5, 5.41) is 16.7. The monoisotopic (exact) mass is 528 g/mol. The van der Waals surface area contributed by atoms with E-state index < -0.39 is 18.2 Å². The minimum Gasteiger partial charge on any atom is -0.496 e. The summed E-state index contributed by atoms with van der Waals surface area (Å²) in [7, 11) is 1.58. The van der Waals surface area contributed by atoms with Gasteiger partial charge in [0.1, 0.15) is 11.4 Å². The van der Waals surface area contributed by atoms with Gasteiger partial charge in [-0.1, -0.05) is 19.9 Å². The Kier molecular flexibility index (Phi) is 10.5. The fourth-order valence-electron chi connectivity index (χ4n) is 3.74. The van der Waals surface area contributed by atoms with Crippen molar-refractivity contribution in [3.05, 3.63) is 30.0 Å². The van der Waals surface area contributed by atoms with E-state index in [9.17, 15) is 27.6 Å². The van der Waals surface area contributed by atoms with Crippen LogP contribution in [0.4, 0.5) is 13.2 Å². The molecule has 2 aromatic rings. The number of H-pyrrole nitrogens is 1. The van der Waals surface area contributed by atoms with Crippen LogP contribution < -0.4 is 20.7 Å². The van der Waals surface area contributed by atoms with Gasteiger partial charge in [-0.25, -0.2) is 4.79 Å². The lowest BCUT2D eigenvalue weighted by Gasteiger charge is -2.20. The van der Waals surface area contributed by atoms with Crippen LogP contribution in [-0.4, -0.2) is 72.6 Å². The van der Waals surface area contributed by atoms with Crippen LogP contribution in [0.25, 0.3) is 10.9 Å². The summed E-state index contributed by atoms with van der Waals surface area (Å²) in [6.45, 7) is 5.28. The number of amides is 2. The highest BCUT2D eigenvalue weighted by atomic mass is 19.4. The third kappa shape index (κ3) is 8.77. The van der Waals surface area contributed by atoms with E-state index in [-0.39, 0.29) is 36.0 Å². The van der Waals surface area contributed by atoms with Crippen molar-refractivity contribution < 1.29 is 42.2 Å². The lowest BCUT2D eigenvalue weighted by molar-refractivity contribution is -0.192. The number of aliphatic carboxylic acids is 1. The molecule has 1 aliphatic rings. The zero-order valence-electron chi connectivity index (χ0n) is 20.7. The van der Waals surface area contributed by atoms with Crippen molar-refractivity contribution in [2.24, 2.45) is 11.8 Å². The molecule has 1 saturated heterocycles. The zero-order chi connectivity index (χ0) is 27.8. The first-order valence-electron chi connectivity index (χ1n) is 11.6. The zero-order valence-corrected chi connectivity index (χ0v) is 20.7. The predicted molar refractivity (Wildman–Crippen MR) is 128 cm³/mol. The summed E-state index contributed by atoms with van der Waals surface area (Å²) in [5.74, 6) is -2.34. The van der Waals surface area contributed by atoms with Gasteiger partial charge < -0.3 is 30.8 Å². The fourth-order valence-corrected chi connectivity index (χ4v) is 3.74. The van der Waals surface area contributed by atoms with Gasteiger partial charge in [0.15, 0.2) is 5.78 Å². The average molecular weight is 529 g/mol. The minimum atomic E-state index is -5.08. The summed E-state index contributed by atoms with van der Waals surface area (Å²) in [6, 6.07) is 6.68. The second-order valence-electron chi connectivity index (χ2n) is 8.94. The van der Waals surface area contributed by atoms with Crippen molar-refractivity contribution >= 4 is 34.5 Å². The maximum Gasteiger partial charge on any atom is 0.490 e. The van der Waals surface area contributed by atoms with Crippen molar-refractivity contribution in [2.75, 3.05) is 26.7 Å². The highest BCUT2D eigenvalue weighted by Crippen LogP contribution is 2.26. The normalized spacial score (nSPS) is 16.1. The third-order valence-corrected chi connectivity index (χ3v) is 5.59. The number of fused-ring (bicyclic) bond motifs is 1. The number of carboxylic acids is 1. The number of halogens is 3. The Morgan fingerprint density at radius 2 is 1.92 bits per heavy atom. The Morgan fingerprint density at radius 3 is 2.46 bits per heavy atom. The summed E-state index contributed by atoms with van der Waals surface area (Å²) in [4.78, 5) is 49.2. The van der Waals surface area contributed by atoms with E-state index in [2.05, 4.69) is 20.9 Å². The molecule has 204 valence electrons. The van der Waals surface area contributed by atoms with Gasteiger partial charge in [-0.2, -0.15) is 13.2 Å². The highest BCUT2D eigenvalue weighted by Gasteiger charge is 2.38. The highest BCUT2D eigenvalue weighted by molar-refractivity contribution is 6.01. The predicted octanol–water partition coefficient (Wildman–Crippen LogP) is 2.25. The van der Waals surface area contributed by atoms with Crippen LogP contribution in [0.15, 0.2) is 24.3 Å². The lowest BCUT2D eigenvalue weighted by Crippen LogP contribution is -2.46. The number of carbonyl (C=O) groups excluding carboxylic acids is 3. The summed E-state index contributed by atoms with van der Waals surface area (Å²) in [5.41, 5.74) is 1.18. The molecule has 2 atom stereocenters. The van der Waals surface area contributed by atoms with Crippen LogP contribution >= 0.6 is 0 Å². The number of aromatic nitrogens is 1.